The number of aromatic nitrogens is 1. The average molecular weight is 224 g/mol. The molecule has 0 saturated carbocycles. The van der Waals surface area contributed by atoms with Crippen molar-refractivity contribution >= 4 is 17.4 Å². The van der Waals surface area contributed by atoms with Crippen LogP contribution in [0.1, 0.15) is 5.56 Å². The normalized spacial score (nSPS) is 11.4. The monoisotopic (exact) mass is 223 g/mol. The number of ketones is 1. The second-order valence-electron chi connectivity index (χ2n) is 2.59. The topological polar surface area (TPSA) is 30.0 Å². The van der Waals surface area contributed by atoms with Gasteiger partial charge < -0.3 is 0 Å². The second kappa shape index (κ2) is 3.96. The van der Waals surface area contributed by atoms with Gasteiger partial charge in [0.15, 0.2) is 0 Å². The smallest absolute Gasteiger partial charge is 0.289 e. The number of pyridine rings is 1. The van der Waals surface area contributed by atoms with Crippen molar-refractivity contribution in [1.29, 1.82) is 0 Å². The molecule has 6 heteroatoms. The molecule has 0 atom stereocenters. The van der Waals surface area contributed by atoms with Crippen LogP contribution >= 0.6 is 11.6 Å². The Balaban J connectivity index is 2.71. The highest BCUT2D eigenvalue weighted by Gasteiger charge is 2.37. The summed E-state index contributed by atoms with van der Waals surface area (Å²) in [5, 5.41) is 0.174. The zero-order chi connectivity index (χ0) is 10.8. The molecule has 0 bridgehead atoms. The lowest BCUT2D eigenvalue weighted by molar-refractivity contribution is -0.170. The van der Waals surface area contributed by atoms with Crippen molar-refractivity contribution in [2.45, 2.75) is 12.6 Å². The molecule has 0 amide bonds. The molecular formula is C8H5ClF3NO. The first kappa shape index (κ1) is 11.0. The van der Waals surface area contributed by atoms with Crippen LogP contribution in [0.3, 0.4) is 0 Å². The van der Waals surface area contributed by atoms with Gasteiger partial charge in [0, 0.05) is 12.6 Å². The number of hydrogen-bond donors (Lipinski definition) is 0. The molecule has 1 aromatic rings. The summed E-state index contributed by atoms with van der Waals surface area (Å²) in [5.41, 5.74) is 0.191. The fourth-order valence-corrected chi connectivity index (χ4v) is 0.908. The predicted molar refractivity (Wildman–Crippen MR) is 44.0 cm³/mol. The van der Waals surface area contributed by atoms with Gasteiger partial charge in [-0.25, -0.2) is 4.98 Å². The van der Waals surface area contributed by atoms with Crippen molar-refractivity contribution in [3.05, 3.63) is 29.0 Å². The Labute approximate surface area is 82.7 Å². The summed E-state index contributed by atoms with van der Waals surface area (Å²) >= 11 is 5.42. The number of hydrogen-bond acceptors (Lipinski definition) is 2. The Morgan fingerprint density at radius 2 is 2.07 bits per heavy atom. The lowest BCUT2D eigenvalue weighted by Gasteiger charge is -2.04. The molecule has 0 aliphatic heterocycles. The molecule has 14 heavy (non-hydrogen) atoms. The third-order valence-corrected chi connectivity index (χ3v) is 1.69. The van der Waals surface area contributed by atoms with Crippen LogP contribution in [-0.4, -0.2) is 16.9 Å². The first-order valence-electron chi connectivity index (χ1n) is 3.60. The van der Waals surface area contributed by atoms with E-state index >= 15 is 0 Å². The van der Waals surface area contributed by atoms with Gasteiger partial charge in [0.05, 0.1) is 0 Å². The van der Waals surface area contributed by atoms with Crippen molar-refractivity contribution in [2.75, 3.05) is 0 Å². The Bertz CT molecular complexity index is 333. The average Bonchev–Trinajstić information content (AvgIpc) is 2.07. The van der Waals surface area contributed by atoms with Crippen LogP contribution in [0.5, 0.6) is 0 Å². The van der Waals surface area contributed by atoms with Gasteiger partial charge in [0.25, 0.3) is 0 Å². The van der Waals surface area contributed by atoms with E-state index in [0.29, 0.717) is 0 Å². The van der Waals surface area contributed by atoms with Crippen molar-refractivity contribution in [3.63, 3.8) is 0 Å². The molecule has 0 aliphatic carbocycles. The zero-order valence-electron chi connectivity index (χ0n) is 6.81. The molecule has 0 spiro atoms. The zero-order valence-corrected chi connectivity index (χ0v) is 7.56. The van der Waals surface area contributed by atoms with Gasteiger partial charge in [-0.05, 0) is 11.6 Å². The number of carbonyl (C=O) groups excluding carboxylic acids is 1. The Morgan fingerprint density at radius 1 is 1.43 bits per heavy atom. The molecule has 0 N–H and O–H groups in total. The third kappa shape index (κ3) is 2.99. The van der Waals surface area contributed by atoms with Gasteiger partial charge in [-0.3, -0.25) is 4.79 Å². The van der Waals surface area contributed by atoms with Crippen LogP contribution in [-0.2, 0) is 11.2 Å². The minimum absolute atomic E-state index is 0.174. The molecule has 0 saturated heterocycles. The van der Waals surface area contributed by atoms with Crippen molar-refractivity contribution < 1.29 is 18.0 Å². The van der Waals surface area contributed by atoms with E-state index in [2.05, 4.69) is 4.98 Å². The van der Waals surface area contributed by atoms with E-state index in [4.69, 9.17) is 11.6 Å². The molecular weight excluding hydrogens is 219 g/mol. The van der Waals surface area contributed by atoms with Crippen molar-refractivity contribution in [1.82, 2.24) is 4.98 Å². The molecule has 1 rings (SSSR count). The molecule has 0 radical (unpaired) electrons. The van der Waals surface area contributed by atoms with E-state index in [1.54, 1.807) is 0 Å². The highest BCUT2D eigenvalue weighted by molar-refractivity contribution is 6.29. The third-order valence-electron chi connectivity index (χ3n) is 1.47. The molecule has 76 valence electrons. The van der Waals surface area contributed by atoms with E-state index in [9.17, 15) is 18.0 Å². The fraction of sp³-hybridized carbons (Fsp3) is 0.250. The van der Waals surface area contributed by atoms with E-state index in [1.165, 1.54) is 12.1 Å². The first-order chi connectivity index (χ1) is 6.39. The van der Waals surface area contributed by atoms with Gasteiger partial charge in [-0.2, -0.15) is 13.2 Å². The van der Waals surface area contributed by atoms with Gasteiger partial charge in [0.2, 0.25) is 5.78 Å². The van der Waals surface area contributed by atoms with Crippen LogP contribution in [0.15, 0.2) is 18.3 Å². The van der Waals surface area contributed by atoms with Gasteiger partial charge >= 0.3 is 6.18 Å². The summed E-state index contributed by atoms with van der Waals surface area (Å²) < 4.78 is 35.5. The maximum absolute atomic E-state index is 11.8. The number of alkyl halides is 3. The lowest BCUT2D eigenvalue weighted by Crippen LogP contribution is -2.24. The number of carbonyl (C=O) groups is 1. The Kier molecular flexibility index (Phi) is 3.10. The van der Waals surface area contributed by atoms with E-state index in [0.717, 1.165) is 6.20 Å². The minimum Gasteiger partial charge on any atom is -0.289 e. The Hall–Kier alpha value is -1.10. The van der Waals surface area contributed by atoms with Crippen LogP contribution in [0, 0.1) is 0 Å². The maximum atomic E-state index is 11.8. The maximum Gasteiger partial charge on any atom is 0.450 e. The van der Waals surface area contributed by atoms with E-state index in [1.807, 2.05) is 0 Å². The molecule has 2 nitrogen and oxygen atoms in total. The van der Waals surface area contributed by atoms with Gasteiger partial charge in [0.1, 0.15) is 5.15 Å². The molecule has 1 aromatic heterocycles. The van der Waals surface area contributed by atoms with Crippen molar-refractivity contribution in [3.8, 4) is 0 Å². The number of Topliss-reactive ketones (excluding diaryl/α,β-unsaturated/α-hetero) is 1. The van der Waals surface area contributed by atoms with E-state index < -0.39 is 18.4 Å². The summed E-state index contributed by atoms with van der Waals surface area (Å²) in [6, 6.07) is 2.67. The predicted octanol–water partition coefficient (Wildman–Crippen LogP) is 2.41. The van der Waals surface area contributed by atoms with Crippen molar-refractivity contribution in [2.24, 2.45) is 0 Å². The van der Waals surface area contributed by atoms with Crippen LogP contribution < -0.4 is 0 Å². The fourth-order valence-electron chi connectivity index (χ4n) is 0.797. The SMILES string of the molecule is O=C(Cc1ccc(Cl)nc1)C(F)(F)F. The number of halogens is 4. The quantitative estimate of drug-likeness (QED) is 0.721. The van der Waals surface area contributed by atoms with E-state index in [-0.39, 0.29) is 10.7 Å². The van der Waals surface area contributed by atoms with Gasteiger partial charge in [-0.1, -0.05) is 17.7 Å². The van der Waals surface area contributed by atoms with Crippen LogP contribution in [0.4, 0.5) is 13.2 Å². The molecule has 0 aliphatic rings. The highest BCUT2D eigenvalue weighted by atomic mass is 35.5. The molecule has 0 fully saturated rings. The summed E-state index contributed by atoms with van der Waals surface area (Å²) in [4.78, 5) is 14.1. The summed E-state index contributed by atoms with van der Waals surface area (Å²) in [6.45, 7) is 0. The summed E-state index contributed by atoms with van der Waals surface area (Å²) in [7, 11) is 0. The second-order valence-corrected chi connectivity index (χ2v) is 2.97. The lowest BCUT2D eigenvalue weighted by atomic mass is 10.1. The molecule has 0 unspecified atom stereocenters. The molecule has 0 aromatic carbocycles. The standard InChI is InChI=1S/C8H5ClF3NO/c9-7-2-1-5(4-13-7)3-6(14)8(10,11)12/h1-2,4H,3H2. The Morgan fingerprint density at radius 3 is 2.50 bits per heavy atom. The minimum atomic E-state index is -4.79. The number of rotatable bonds is 2. The number of nitrogens with zero attached hydrogens (tertiary/aromatic N) is 1. The first-order valence-corrected chi connectivity index (χ1v) is 3.98. The van der Waals surface area contributed by atoms with Gasteiger partial charge in [-0.15, -0.1) is 0 Å². The summed E-state index contributed by atoms with van der Waals surface area (Å²) in [5.74, 6) is -1.79. The summed E-state index contributed by atoms with van der Waals surface area (Å²) in [6.07, 6.45) is -4.35. The van der Waals surface area contributed by atoms with Crippen LogP contribution in [0.2, 0.25) is 5.15 Å². The largest absolute Gasteiger partial charge is 0.450 e. The van der Waals surface area contributed by atoms with Crippen LogP contribution in [0.25, 0.3) is 0 Å². The highest BCUT2D eigenvalue weighted by Crippen LogP contribution is 2.18. The molecule has 1 heterocycles.